The zero-order chi connectivity index (χ0) is 15.7. The van der Waals surface area contributed by atoms with Gasteiger partial charge in [-0.05, 0) is 24.8 Å². The van der Waals surface area contributed by atoms with Crippen LogP contribution >= 0.6 is 0 Å². The molecule has 0 aromatic heterocycles. The maximum absolute atomic E-state index is 13.7. The van der Waals surface area contributed by atoms with Crippen LogP contribution < -0.4 is 0 Å². The van der Waals surface area contributed by atoms with E-state index in [1.54, 1.807) is 0 Å². The summed E-state index contributed by atoms with van der Waals surface area (Å²) in [5.41, 5.74) is -1.55. The Morgan fingerprint density at radius 1 is 1.43 bits per heavy atom. The number of amides is 1. The molecule has 0 spiro atoms. The highest BCUT2D eigenvalue weighted by atomic mass is 19.1. The van der Waals surface area contributed by atoms with E-state index in [2.05, 4.69) is 0 Å². The predicted octanol–water partition coefficient (Wildman–Crippen LogP) is 1.72. The number of carbonyl (C=O) groups is 1. The number of carbonyl (C=O) groups excluding carboxylic acids is 1. The Kier molecular flexibility index (Phi) is 4.17. The molecule has 6 nitrogen and oxygen atoms in total. The number of halogens is 2. The molecule has 0 heterocycles. The lowest BCUT2D eigenvalue weighted by Crippen LogP contribution is -2.39. The summed E-state index contributed by atoms with van der Waals surface area (Å²) in [5, 5.41) is 19.7. The van der Waals surface area contributed by atoms with Crippen LogP contribution in [0.25, 0.3) is 0 Å². The first kappa shape index (κ1) is 15.3. The van der Waals surface area contributed by atoms with Gasteiger partial charge in [0.05, 0.1) is 22.7 Å². The van der Waals surface area contributed by atoms with Gasteiger partial charge in [-0.3, -0.25) is 14.9 Å². The van der Waals surface area contributed by atoms with E-state index >= 15 is 0 Å². The van der Waals surface area contributed by atoms with Gasteiger partial charge < -0.3 is 10.0 Å². The van der Waals surface area contributed by atoms with Crippen molar-refractivity contribution in [1.29, 1.82) is 0 Å². The van der Waals surface area contributed by atoms with Crippen LogP contribution in [0.5, 0.6) is 0 Å². The minimum absolute atomic E-state index is 0.125. The number of nitro groups is 1. The van der Waals surface area contributed by atoms with Crippen LogP contribution in [0.2, 0.25) is 0 Å². The van der Waals surface area contributed by atoms with Crippen molar-refractivity contribution in [1.82, 2.24) is 4.90 Å². The summed E-state index contributed by atoms with van der Waals surface area (Å²) >= 11 is 0. The smallest absolute Gasteiger partial charge is 0.307 e. The second-order valence-electron chi connectivity index (χ2n) is 5.22. The van der Waals surface area contributed by atoms with Crippen LogP contribution in [0, 0.1) is 27.7 Å². The lowest BCUT2D eigenvalue weighted by molar-refractivity contribution is -0.387. The average Bonchev–Trinajstić information content (AvgIpc) is 2.37. The third kappa shape index (κ3) is 3.15. The summed E-state index contributed by atoms with van der Waals surface area (Å²) in [4.78, 5) is 22.7. The first-order valence-electron chi connectivity index (χ1n) is 6.36. The summed E-state index contributed by atoms with van der Waals surface area (Å²) in [7, 11) is 1.44. The lowest BCUT2D eigenvalue weighted by atomic mass is 9.82. The zero-order valence-corrected chi connectivity index (χ0v) is 11.3. The van der Waals surface area contributed by atoms with E-state index in [0.29, 0.717) is 31.5 Å². The normalized spacial score (nSPS) is 20.8. The molecule has 0 aliphatic heterocycles. The van der Waals surface area contributed by atoms with E-state index in [-0.39, 0.29) is 12.0 Å². The number of nitrogens with zero attached hydrogens (tertiary/aromatic N) is 2. The number of aliphatic hydroxyl groups is 1. The summed E-state index contributed by atoms with van der Waals surface area (Å²) in [6.07, 6.45) is 0.760. The van der Waals surface area contributed by atoms with Gasteiger partial charge in [0.15, 0.2) is 0 Å². The number of aliphatic hydroxyl groups excluding tert-OH is 1. The first-order chi connectivity index (χ1) is 9.79. The van der Waals surface area contributed by atoms with Crippen LogP contribution in [-0.4, -0.2) is 40.5 Å². The van der Waals surface area contributed by atoms with E-state index in [4.69, 9.17) is 0 Å². The molecule has 1 N–H and O–H groups in total. The molecule has 114 valence electrons. The summed E-state index contributed by atoms with van der Waals surface area (Å²) in [6, 6.07) is 0.950. The largest absolute Gasteiger partial charge is 0.393 e. The molecule has 0 unspecified atom stereocenters. The van der Waals surface area contributed by atoms with Crippen LogP contribution in [-0.2, 0) is 0 Å². The fourth-order valence-corrected chi connectivity index (χ4v) is 2.37. The Morgan fingerprint density at radius 2 is 2.05 bits per heavy atom. The number of benzene rings is 1. The fourth-order valence-electron chi connectivity index (χ4n) is 2.37. The Balaban J connectivity index is 2.15. The second-order valence-corrected chi connectivity index (χ2v) is 5.22. The third-order valence-electron chi connectivity index (χ3n) is 3.55. The van der Waals surface area contributed by atoms with Crippen molar-refractivity contribution in [3.8, 4) is 0 Å². The SMILES string of the molecule is CN(CC1CC(O)C1)C(=O)c1cc(F)c([N+](=O)[O-])cc1F. The van der Waals surface area contributed by atoms with E-state index in [1.165, 1.54) is 11.9 Å². The zero-order valence-electron chi connectivity index (χ0n) is 11.3. The molecule has 1 aromatic rings. The van der Waals surface area contributed by atoms with Gasteiger partial charge in [0.25, 0.3) is 5.91 Å². The van der Waals surface area contributed by atoms with Gasteiger partial charge in [0, 0.05) is 13.6 Å². The molecule has 1 amide bonds. The van der Waals surface area contributed by atoms with Crippen molar-refractivity contribution < 1.29 is 23.6 Å². The highest BCUT2D eigenvalue weighted by Gasteiger charge is 2.30. The van der Waals surface area contributed by atoms with Crippen LogP contribution in [0.3, 0.4) is 0 Å². The Bertz CT molecular complexity index is 588. The number of rotatable bonds is 4. The van der Waals surface area contributed by atoms with Crippen molar-refractivity contribution in [2.45, 2.75) is 18.9 Å². The van der Waals surface area contributed by atoms with Crippen LogP contribution in [0.4, 0.5) is 14.5 Å². The summed E-state index contributed by atoms with van der Waals surface area (Å²) < 4.78 is 27.2. The van der Waals surface area contributed by atoms with Gasteiger partial charge in [0.1, 0.15) is 5.82 Å². The molecule has 2 rings (SSSR count). The summed E-state index contributed by atoms with van der Waals surface area (Å²) in [5.74, 6) is -3.01. The fraction of sp³-hybridized carbons (Fsp3) is 0.462. The van der Waals surface area contributed by atoms with Gasteiger partial charge >= 0.3 is 5.69 Å². The molecule has 0 bridgehead atoms. The molecule has 1 aliphatic rings. The van der Waals surface area contributed by atoms with E-state index in [1.807, 2.05) is 0 Å². The molecule has 1 aromatic carbocycles. The van der Waals surface area contributed by atoms with Gasteiger partial charge in [-0.15, -0.1) is 0 Å². The Morgan fingerprint density at radius 3 is 2.57 bits per heavy atom. The monoisotopic (exact) mass is 300 g/mol. The molecule has 1 aliphatic carbocycles. The maximum atomic E-state index is 13.7. The van der Waals surface area contributed by atoms with E-state index in [9.17, 15) is 28.8 Å². The van der Waals surface area contributed by atoms with Crippen molar-refractivity contribution in [2.75, 3.05) is 13.6 Å². The van der Waals surface area contributed by atoms with Crippen molar-refractivity contribution in [3.05, 3.63) is 39.4 Å². The summed E-state index contributed by atoms with van der Waals surface area (Å²) in [6.45, 7) is 0.313. The van der Waals surface area contributed by atoms with Gasteiger partial charge in [-0.25, -0.2) is 4.39 Å². The Hall–Kier alpha value is -2.09. The average molecular weight is 300 g/mol. The van der Waals surface area contributed by atoms with Crippen LogP contribution in [0.15, 0.2) is 12.1 Å². The van der Waals surface area contributed by atoms with Crippen molar-refractivity contribution >= 4 is 11.6 Å². The topological polar surface area (TPSA) is 83.7 Å². The Labute approximate surface area is 119 Å². The van der Waals surface area contributed by atoms with Gasteiger partial charge in [0.2, 0.25) is 5.82 Å². The number of hydrogen-bond acceptors (Lipinski definition) is 4. The highest BCUT2D eigenvalue weighted by Crippen LogP contribution is 2.28. The molecule has 1 fully saturated rings. The standard InChI is InChI=1S/C13H14F2N2O4/c1-16(6-7-2-8(18)3-7)13(19)9-4-11(15)12(17(20)21)5-10(9)14/h4-5,7-8,18H,2-3,6H2,1H3. The van der Waals surface area contributed by atoms with E-state index in [0.717, 1.165) is 0 Å². The number of nitro benzene ring substituents is 1. The third-order valence-corrected chi connectivity index (χ3v) is 3.55. The quantitative estimate of drug-likeness (QED) is 0.678. The minimum Gasteiger partial charge on any atom is -0.393 e. The maximum Gasteiger partial charge on any atom is 0.307 e. The molecule has 1 saturated carbocycles. The molecular weight excluding hydrogens is 286 g/mol. The van der Waals surface area contributed by atoms with E-state index < -0.39 is 33.7 Å². The first-order valence-corrected chi connectivity index (χ1v) is 6.36. The second kappa shape index (κ2) is 5.72. The predicted molar refractivity (Wildman–Crippen MR) is 68.7 cm³/mol. The van der Waals surface area contributed by atoms with Crippen molar-refractivity contribution in [3.63, 3.8) is 0 Å². The van der Waals surface area contributed by atoms with Gasteiger partial charge in [-0.2, -0.15) is 4.39 Å². The lowest BCUT2D eigenvalue weighted by Gasteiger charge is -2.34. The molecular formula is C13H14F2N2O4. The molecule has 0 saturated heterocycles. The highest BCUT2D eigenvalue weighted by molar-refractivity contribution is 5.94. The van der Waals surface area contributed by atoms with Crippen LogP contribution in [0.1, 0.15) is 23.2 Å². The van der Waals surface area contributed by atoms with Crippen molar-refractivity contribution in [2.24, 2.45) is 5.92 Å². The number of hydrogen-bond donors (Lipinski definition) is 1. The minimum atomic E-state index is -1.25. The molecule has 8 heteroatoms. The molecule has 21 heavy (non-hydrogen) atoms. The van der Waals surface area contributed by atoms with Gasteiger partial charge in [-0.1, -0.05) is 0 Å². The molecule has 0 radical (unpaired) electrons. The molecule has 0 atom stereocenters.